The number of hydrogen-bond acceptors (Lipinski definition) is 3. The molecule has 0 atom stereocenters. The Balaban J connectivity index is 2.10. The highest BCUT2D eigenvalue weighted by Crippen LogP contribution is 2.27. The third kappa shape index (κ3) is 4.03. The van der Waals surface area contributed by atoms with Gasteiger partial charge in [0.05, 0.1) is 19.1 Å². The summed E-state index contributed by atoms with van der Waals surface area (Å²) in [5, 5.41) is 2.95. The molecule has 0 bridgehead atoms. The molecule has 0 fully saturated rings. The summed E-state index contributed by atoms with van der Waals surface area (Å²) in [5.41, 5.74) is 1.03. The molecule has 2 rings (SSSR count). The van der Waals surface area contributed by atoms with Crippen LogP contribution < -0.4 is 14.8 Å². The number of hydrogen-bond donors (Lipinski definition) is 1. The van der Waals surface area contributed by atoms with Gasteiger partial charge in [0.2, 0.25) is 5.91 Å². The van der Waals surface area contributed by atoms with Gasteiger partial charge in [0.25, 0.3) is 0 Å². The number of benzene rings is 2. The van der Waals surface area contributed by atoms with E-state index >= 15 is 0 Å². The lowest BCUT2D eigenvalue weighted by atomic mass is 9.83. The maximum Gasteiger partial charge on any atom is 0.234 e. The van der Waals surface area contributed by atoms with Crippen LogP contribution in [0.5, 0.6) is 11.5 Å². The Kier molecular flexibility index (Phi) is 5.27. The summed E-state index contributed by atoms with van der Waals surface area (Å²) in [6, 6.07) is 14.9. The standard InChI is InChI=1S/C19H23NO3/c1-5-23-17-12-8-15(9-13-17)20-18(21)19(2,3)14-6-10-16(22-4)11-7-14/h6-13H,5H2,1-4H3,(H,20,21). The largest absolute Gasteiger partial charge is 0.497 e. The third-order valence-corrected chi connectivity index (χ3v) is 3.80. The first-order valence-corrected chi connectivity index (χ1v) is 7.66. The van der Waals surface area contributed by atoms with Gasteiger partial charge in [0, 0.05) is 5.69 Å². The first kappa shape index (κ1) is 16.9. The fourth-order valence-corrected chi connectivity index (χ4v) is 2.23. The van der Waals surface area contributed by atoms with Crippen molar-refractivity contribution in [3.63, 3.8) is 0 Å². The van der Waals surface area contributed by atoms with Crippen LogP contribution in [0.2, 0.25) is 0 Å². The van der Waals surface area contributed by atoms with Crippen LogP contribution in [-0.4, -0.2) is 19.6 Å². The highest BCUT2D eigenvalue weighted by atomic mass is 16.5. The number of methoxy groups -OCH3 is 1. The average Bonchev–Trinajstić information content (AvgIpc) is 2.57. The molecule has 2 aromatic rings. The van der Waals surface area contributed by atoms with Crippen LogP contribution in [0.3, 0.4) is 0 Å². The van der Waals surface area contributed by atoms with Gasteiger partial charge in [-0.25, -0.2) is 0 Å². The highest BCUT2D eigenvalue weighted by molar-refractivity contribution is 5.98. The van der Waals surface area contributed by atoms with E-state index in [1.54, 1.807) is 7.11 Å². The number of ether oxygens (including phenoxy) is 2. The van der Waals surface area contributed by atoms with Crippen LogP contribution in [0.25, 0.3) is 0 Å². The van der Waals surface area contributed by atoms with Crippen LogP contribution in [0.4, 0.5) is 5.69 Å². The summed E-state index contributed by atoms with van der Waals surface area (Å²) in [4.78, 5) is 12.6. The normalized spacial score (nSPS) is 11.0. The number of rotatable bonds is 6. The molecule has 0 saturated carbocycles. The van der Waals surface area contributed by atoms with E-state index in [1.807, 2.05) is 69.3 Å². The van der Waals surface area contributed by atoms with Crippen LogP contribution in [0, 0.1) is 0 Å². The number of amides is 1. The molecule has 0 spiro atoms. The molecule has 1 N–H and O–H groups in total. The van der Waals surface area contributed by atoms with Crippen LogP contribution in [-0.2, 0) is 10.2 Å². The molecule has 4 heteroatoms. The topological polar surface area (TPSA) is 47.6 Å². The minimum absolute atomic E-state index is 0.0631. The predicted molar refractivity (Wildman–Crippen MR) is 92.3 cm³/mol. The molecule has 0 aromatic heterocycles. The van der Waals surface area contributed by atoms with Gasteiger partial charge in [-0.1, -0.05) is 12.1 Å². The molecule has 23 heavy (non-hydrogen) atoms. The number of carbonyl (C=O) groups excluding carboxylic acids is 1. The molecular formula is C19H23NO3. The van der Waals surface area contributed by atoms with Gasteiger partial charge in [-0.15, -0.1) is 0 Å². The number of nitrogens with one attached hydrogen (secondary N) is 1. The Morgan fingerprint density at radius 3 is 2.09 bits per heavy atom. The Labute approximate surface area is 137 Å². The molecule has 0 aliphatic carbocycles. The van der Waals surface area contributed by atoms with Gasteiger partial charge in [0.15, 0.2) is 0 Å². The van der Waals surface area contributed by atoms with Gasteiger partial charge >= 0.3 is 0 Å². The Bertz CT molecular complexity index is 645. The lowest BCUT2D eigenvalue weighted by Gasteiger charge is -2.24. The lowest BCUT2D eigenvalue weighted by molar-refractivity contribution is -0.120. The fraction of sp³-hybridized carbons (Fsp3) is 0.316. The number of anilines is 1. The Morgan fingerprint density at radius 2 is 1.57 bits per heavy atom. The predicted octanol–water partition coefficient (Wildman–Crippen LogP) is 4.01. The minimum atomic E-state index is -0.648. The van der Waals surface area contributed by atoms with Gasteiger partial charge < -0.3 is 14.8 Å². The Morgan fingerprint density at radius 1 is 1.00 bits per heavy atom. The molecular weight excluding hydrogens is 290 g/mol. The first-order chi connectivity index (χ1) is 11.0. The van der Waals surface area contributed by atoms with Crippen molar-refractivity contribution in [2.24, 2.45) is 0 Å². The molecule has 0 heterocycles. The van der Waals surface area contributed by atoms with E-state index in [0.717, 1.165) is 22.7 Å². The summed E-state index contributed by atoms with van der Waals surface area (Å²) in [5.74, 6) is 1.50. The van der Waals surface area contributed by atoms with Crippen molar-refractivity contribution in [2.75, 3.05) is 19.0 Å². The molecule has 4 nitrogen and oxygen atoms in total. The van der Waals surface area contributed by atoms with Crippen LogP contribution in [0.1, 0.15) is 26.3 Å². The third-order valence-electron chi connectivity index (χ3n) is 3.80. The molecule has 0 aliphatic rings. The number of carbonyl (C=O) groups is 1. The summed E-state index contributed by atoms with van der Waals surface area (Å²) in [7, 11) is 1.62. The second-order valence-corrected chi connectivity index (χ2v) is 5.77. The van der Waals surface area contributed by atoms with Crippen molar-refractivity contribution in [3.05, 3.63) is 54.1 Å². The molecule has 122 valence electrons. The van der Waals surface area contributed by atoms with Crippen LogP contribution in [0.15, 0.2) is 48.5 Å². The van der Waals surface area contributed by atoms with Gasteiger partial charge in [0.1, 0.15) is 11.5 Å². The van der Waals surface area contributed by atoms with Crippen molar-refractivity contribution in [2.45, 2.75) is 26.2 Å². The second kappa shape index (κ2) is 7.18. The summed E-state index contributed by atoms with van der Waals surface area (Å²) in [6.45, 7) is 6.36. The second-order valence-electron chi connectivity index (χ2n) is 5.77. The minimum Gasteiger partial charge on any atom is -0.497 e. The van der Waals surface area contributed by atoms with Crippen molar-refractivity contribution < 1.29 is 14.3 Å². The SMILES string of the molecule is CCOc1ccc(NC(=O)C(C)(C)c2ccc(OC)cc2)cc1. The van der Waals surface area contributed by atoms with Crippen molar-refractivity contribution in [1.29, 1.82) is 0 Å². The first-order valence-electron chi connectivity index (χ1n) is 7.66. The van der Waals surface area contributed by atoms with Crippen molar-refractivity contribution >= 4 is 11.6 Å². The monoisotopic (exact) mass is 313 g/mol. The zero-order chi connectivity index (χ0) is 16.9. The lowest BCUT2D eigenvalue weighted by Crippen LogP contribution is -2.34. The van der Waals surface area contributed by atoms with Crippen molar-refractivity contribution in [3.8, 4) is 11.5 Å². The Hall–Kier alpha value is -2.49. The molecule has 0 aliphatic heterocycles. The van der Waals surface area contributed by atoms with Gasteiger partial charge in [-0.3, -0.25) is 4.79 Å². The quantitative estimate of drug-likeness (QED) is 0.876. The molecule has 1 amide bonds. The van der Waals surface area contributed by atoms with E-state index < -0.39 is 5.41 Å². The maximum absolute atomic E-state index is 12.6. The summed E-state index contributed by atoms with van der Waals surface area (Å²) >= 11 is 0. The summed E-state index contributed by atoms with van der Waals surface area (Å²) in [6.07, 6.45) is 0. The summed E-state index contributed by atoms with van der Waals surface area (Å²) < 4.78 is 10.6. The van der Waals surface area contributed by atoms with Crippen molar-refractivity contribution in [1.82, 2.24) is 0 Å². The maximum atomic E-state index is 12.6. The molecule has 0 unspecified atom stereocenters. The van der Waals surface area contributed by atoms with Crippen LogP contribution >= 0.6 is 0 Å². The zero-order valence-electron chi connectivity index (χ0n) is 14.1. The van der Waals surface area contributed by atoms with E-state index in [9.17, 15) is 4.79 Å². The van der Waals surface area contributed by atoms with Gasteiger partial charge in [-0.05, 0) is 62.7 Å². The smallest absolute Gasteiger partial charge is 0.234 e. The van der Waals surface area contributed by atoms with E-state index in [-0.39, 0.29) is 5.91 Å². The molecule has 0 radical (unpaired) electrons. The van der Waals surface area contributed by atoms with E-state index in [2.05, 4.69) is 5.32 Å². The molecule has 2 aromatic carbocycles. The zero-order valence-corrected chi connectivity index (χ0v) is 14.1. The van der Waals surface area contributed by atoms with Gasteiger partial charge in [-0.2, -0.15) is 0 Å². The van der Waals surface area contributed by atoms with E-state index in [1.165, 1.54) is 0 Å². The molecule has 0 saturated heterocycles. The average molecular weight is 313 g/mol. The highest BCUT2D eigenvalue weighted by Gasteiger charge is 2.29. The fourth-order valence-electron chi connectivity index (χ4n) is 2.23. The van der Waals surface area contributed by atoms with E-state index in [0.29, 0.717) is 6.61 Å². The van der Waals surface area contributed by atoms with E-state index in [4.69, 9.17) is 9.47 Å².